The summed E-state index contributed by atoms with van der Waals surface area (Å²) in [7, 11) is 0. The van der Waals surface area contributed by atoms with E-state index in [4.69, 9.17) is 4.98 Å². The van der Waals surface area contributed by atoms with Gasteiger partial charge in [0.05, 0.1) is 22.1 Å². The number of nitrogens with one attached hydrogen (secondary N) is 1. The molecule has 20 heavy (non-hydrogen) atoms. The Labute approximate surface area is 127 Å². The molecule has 2 aromatic heterocycles. The summed E-state index contributed by atoms with van der Waals surface area (Å²) in [4.78, 5) is 11.0. The van der Waals surface area contributed by atoms with Crippen LogP contribution in [0.5, 0.6) is 0 Å². The fourth-order valence-electron chi connectivity index (χ4n) is 2.43. The number of aromatic nitrogens is 2. The first-order valence-electron chi connectivity index (χ1n) is 7.41. The van der Waals surface area contributed by atoms with Crippen LogP contribution in [0.25, 0.3) is 0 Å². The van der Waals surface area contributed by atoms with E-state index >= 15 is 0 Å². The lowest BCUT2D eigenvalue weighted by Crippen LogP contribution is -2.15. The molecular weight excluding hydrogens is 286 g/mol. The zero-order valence-corrected chi connectivity index (χ0v) is 13.3. The Bertz CT molecular complexity index is 608. The van der Waals surface area contributed by atoms with Gasteiger partial charge in [-0.25, -0.2) is 9.97 Å². The van der Waals surface area contributed by atoms with Gasteiger partial charge >= 0.3 is 0 Å². The molecule has 4 rings (SSSR count). The summed E-state index contributed by atoms with van der Waals surface area (Å²) in [5.74, 6) is 0.744. The van der Waals surface area contributed by atoms with Gasteiger partial charge in [-0.15, -0.1) is 22.7 Å². The van der Waals surface area contributed by atoms with E-state index in [2.05, 4.69) is 22.6 Å². The van der Waals surface area contributed by atoms with E-state index < -0.39 is 0 Å². The Kier molecular flexibility index (Phi) is 3.36. The molecule has 2 aliphatic rings. The van der Waals surface area contributed by atoms with E-state index in [9.17, 15) is 0 Å². The molecule has 0 aliphatic heterocycles. The first-order chi connectivity index (χ1) is 9.78. The van der Waals surface area contributed by atoms with Crippen molar-refractivity contribution in [3.8, 4) is 0 Å². The topological polar surface area (TPSA) is 37.8 Å². The maximum atomic E-state index is 4.92. The van der Waals surface area contributed by atoms with E-state index in [1.54, 1.807) is 11.3 Å². The maximum Gasteiger partial charge on any atom is 0.0999 e. The highest BCUT2D eigenvalue weighted by molar-refractivity contribution is 7.12. The summed E-state index contributed by atoms with van der Waals surface area (Å²) in [6, 6.07) is 0.772. The summed E-state index contributed by atoms with van der Waals surface area (Å²) in [6.45, 7) is 3.08. The standard InChI is InChI=1S/C15H19N3S2/c1-9-8-19-13(17-9)6-14-18-15(10-2-3-10)12(20-14)7-16-11-4-5-11/h8,10-11,16H,2-7H2,1H3. The molecule has 2 saturated carbocycles. The van der Waals surface area contributed by atoms with Gasteiger partial charge in [0.1, 0.15) is 0 Å². The van der Waals surface area contributed by atoms with E-state index in [-0.39, 0.29) is 0 Å². The van der Waals surface area contributed by atoms with Crippen molar-refractivity contribution in [3.63, 3.8) is 0 Å². The summed E-state index contributed by atoms with van der Waals surface area (Å²) in [6.07, 6.45) is 6.27. The van der Waals surface area contributed by atoms with Crippen LogP contribution >= 0.6 is 22.7 Å². The number of hydrogen-bond donors (Lipinski definition) is 1. The molecule has 1 N–H and O–H groups in total. The minimum absolute atomic E-state index is 0.744. The lowest BCUT2D eigenvalue weighted by molar-refractivity contribution is 0.688. The van der Waals surface area contributed by atoms with Crippen LogP contribution in [0.2, 0.25) is 0 Å². The van der Waals surface area contributed by atoms with E-state index in [1.807, 2.05) is 11.3 Å². The van der Waals surface area contributed by atoms with Crippen molar-refractivity contribution in [3.05, 3.63) is 31.7 Å². The highest BCUT2D eigenvalue weighted by Crippen LogP contribution is 2.43. The number of hydrogen-bond acceptors (Lipinski definition) is 5. The summed E-state index contributed by atoms with van der Waals surface area (Å²) < 4.78 is 0. The van der Waals surface area contributed by atoms with Crippen LogP contribution in [0.1, 0.15) is 57.9 Å². The molecule has 0 aromatic carbocycles. The zero-order valence-electron chi connectivity index (χ0n) is 11.7. The second-order valence-electron chi connectivity index (χ2n) is 5.90. The molecule has 0 bridgehead atoms. The van der Waals surface area contributed by atoms with Crippen LogP contribution in [0.15, 0.2) is 5.38 Å². The van der Waals surface area contributed by atoms with Crippen LogP contribution in [-0.2, 0) is 13.0 Å². The Morgan fingerprint density at radius 1 is 1.20 bits per heavy atom. The first kappa shape index (κ1) is 12.9. The van der Waals surface area contributed by atoms with Crippen LogP contribution in [-0.4, -0.2) is 16.0 Å². The second kappa shape index (κ2) is 5.20. The maximum absolute atomic E-state index is 4.92. The third kappa shape index (κ3) is 2.95. The molecule has 0 atom stereocenters. The predicted octanol–water partition coefficient (Wildman–Crippen LogP) is 3.63. The smallest absolute Gasteiger partial charge is 0.0999 e. The minimum Gasteiger partial charge on any atom is -0.309 e. The number of nitrogens with zero attached hydrogens (tertiary/aromatic N) is 2. The summed E-state index contributed by atoms with van der Waals surface area (Å²) in [5.41, 5.74) is 2.51. The van der Waals surface area contributed by atoms with Gasteiger partial charge in [-0.05, 0) is 32.6 Å². The van der Waals surface area contributed by atoms with Crippen LogP contribution in [0.4, 0.5) is 0 Å². The van der Waals surface area contributed by atoms with Crippen LogP contribution in [0, 0.1) is 6.92 Å². The lowest BCUT2D eigenvalue weighted by Gasteiger charge is -2.01. The molecule has 2 aromatic rings. The predicted molar refractivity (Wildman–Crippen MR) is 83.6 cm³/mol. The van der Waals surface area contributed by atoms with E-state index in [0.29, 0.717) is 0 Å². The normalized spacial score (nSPS) is 18.6. The summed E-state index contributed by atoms with van der Waals surface area (Å²) in [5, 5.41) is 8.20. The Balaban J connectivity index is 1.51. The first-order valence-corrected chi connectivity index (χ1v) is 9.10. The van der Waals surface area contributed by atoms with Gasteiger partial charge in [0.25, 0.3) is 0 Å². The molecule has 2 heterocycles. The Morgan fingerprint density at radius 2 is 2.05 bits per heavy atom. The second-order valence-corrected chi connectivity index (χ2v) is 8.02. The average molecular weight is 305 g/mol. The molecule has 0 spiro atoms. The fraction of sp³-hybridized carbons (Fsp3) is 0.600. The quantitative estimate of drug-likeness (QED) is 0.885. The zero-order chi connectivity index (χ0) is 13.5. The third-order valence-electron chi connectivity index (χ3n) is 3.83. The Hall–Kier alpha value is -0.780. The van der Waals surface area contributed by atoms with Gasteiger partial charge in [-0.2, -0.15) is 0 Å². The number of aryl methyl sites for hydroxylation is 1. The van der Waals surface area contributed by atoms with Crippen molar-refractivity contribution < 1.29 is 0 Å². The van der Waals surface area contributed by atoms with Gasteiger partial charge in [0.2, 0.25) is 0 Å². The van der Waals surface area contributed by atoms with Crippen LogP contribution in [0.3, 0.4) is 0 Å². The van der Waals surface area contributed by atoms with E-state index in [1.165, 1.54) is 46.3 Å². The van der Waals surface area contributed by atoms with Gasteiger partial charge < -0.3 is 5.32 Å². The third-order valence-corrected chi connectivity index (χ3v) is 5.87. The summed E-state index contributed by atoms with van der Waals surface area (Å²) >= 11 is 3.65. The monoisotopic (exact) mass is 305 g/mol. The minimum atomic E-state index is 0.744. The molecule has 0 saturated heterocycles. The van der Waals surface area contributed by atoms with Crippen molar-refractivity contribution in [1.29, 1.82) is 0 Å². The van der Waals surface area contributed by atoms with Crippen molar-refractivity contribution in [2.75, 3.05) is 0 Å². The van der Waals surface area contributed by atoms with Gasteiger partial charge in [0, 0.05) is 34.5 Å². The highest BCUT2D eigenvalue weighted by Gasteiger charge is 2.30. The largest absolute Gasteiger partial charge is 0.309 e. The van der Waals surface area contributed by atoms with Gasteiger partial charge in [0.15, 0.2) is 0 Å². The van der Waals surface area contributed by atoms with E-state index in [0.717, 1.165) is 30.6 Å². The molecule has 5 heteroatoms. The van der Waals surface area contributed by atoms with Crippen molar-refractivity contribution in [2.24, 2.45) is 0 Å². The van der Waals surface area contributed by atoms with Crippen molar-refractivity contribution in [2.45, 2.75) is 57.5 Å². The average Bonchev–Trinajstić information content (AvgIpc) is 3.35. The molecule has 106 valence electrons. The highest BCUT2D eigenvalue weighted by atomic mass is 32.1. The lowest BCUT2D eigenvalue weighted by atomic mass is 10.2. The number of rotatable bonds is 6. The molecule has 3 nitrogen and oxygen atoms in total. The molecule has 0 radical (unpaired) electrons. The number of thiazole rings is 2. The van der Waals surface area contributed by atoms with Crippen molar-refractivity contribution >= 4 is 22.7 Å². The van der Waals surface area contributed by atoms with Gasteiger partial charge in [-0.1, -0.05) is 0 Å². The van der Waals surface area contributed by atoms with Gasteiger partial charge in [-0.3, -0.25) is 0 Å². The molecule has 0 amide bonds. The molecule has 0 unspecified atom stereocenters. The SMILES string of the molecule is Cc1csc(Cc2nc(C3CC3)c(CNC3CC3)s2)n1. The molecule has 2 fully saturated rings. The van der Waals surface area contributed by atoms with Crippen LogP contribution < -0.4 is 5.32 Å². The van der Waals surface area contributed by atoms with Crippen molar-refractivity contribution in [1.82, 2.24) is 15.3 Å². The Morgan fingerprint density at radius 3 is 2.70 bits per heavy atom. The molecule has 2 aliphatic carbocycles. The fourth-order valence-corrected chi connectivity index (χ4v) is 4.41. The molecular formula is C15H19N3S2.